The van der Waals surface area contributed by atoms with Crippen LogP contribution in [-0.2, 0) is 6.61 Å². The number of hydrogen-bond acceptors (Lipinski definition) is 2. The lowest BCUT2D eigenvalue weighted by Crippen LogP contribution is -2.42. The molecule has 0 atom stereocenters. The van der Waals surface area contributed by atoms with Gasteiger partial charge in [-0.25, -0.2) is 4.79 Å². The Morgan fingerprint density at radius 3 is 2.56 bits per heavy atom. The van der Waals surface area contributed by atoms with Crippen LogP contribution in [0.2, 0.25) is 0 Å². The number of anilines is 1. The summed E-state index contributed by atoms with van der Waals surface area (Å²) in [5.74, 6) is 0. The fourth-order valence-electron chi connectivity index (χ4n) is 5.77. The van der Waals surface area contributed by atoms with Crippen molar-refractivity contribution in [1.82, 2.24) is 10.3 Å². The molecule has 2 fully saturated rings. The third-order valence-corrected chi connectivity index (χ3v) is 7.67. The van der Waals surface area contributed by atoms with E-state index in [1.54, 1.807) is 0 Å². The van der Waals surface area contributed by atoms with Crippen LogP contribution in [0.5, 0.6) is 0 Å². The Kier molecular flexibility index (Phi) is 5.92. The van der Waals surface area contributed by atoms with E-state index < -0.39 is 0 Å². The quantitative estimate of drug-likeness (QED) is 0.389. The van der Waals surface area contributed by atoms with Gasteiger partial charge in [0.25, 0.3) is 0 Å². The minimum atomic E-state index is -0.122. The largest absolute Gasteiger partial charge is 0.392 e. The molecule has 3 aromatic rings. The number of aromatic nitrogens is 1. The number of aliphatic hydroxyl groups is 1. The SMILES string of the molecule is O=C(Nc1c[nH]c2ccc(-c3cccc(CO)c3)cc12)NC1CCC2(CCCCC2)CC1. The third-order valence-electron chi connectivity index (χ3n) is 7.67. The Morgan fingerprint density at radius 2 is 1.78 bits per heavy atom. The van der Waals surface area contributed by atoms with Gasteiger partial charge in [0.2, 0.25) is 0 Å². The van der Waals surface area contributed by atoms with Crippen molar-refractivity contribution in [2.45, 2.75) is 70.4 Å². The van der Waals surface area contributed by atoms with E-state index in [1.165, 1.54) is 44.9 Å². The lowest BCUT2D eigenvalue weighted by molar-refractivity contribution is 0.109. The van der Waals surface area contributed by atoms with Crippen LogP contribution in [0.3, 0.4) is 0 Å². The van der Waals surface area contributed by atoms with Crippen molar-refractivity contribution in [3.05, 3.63) is 54.2 Å². The Hall–Kier alpha value is -2.79. The normalized spacial score (nSPS) is 18.7. The van der Waals surface area contributed by atoms with E-state index in [4.69, 9.17) is 0 Å². The molecule has 1 spiro atoms. The van der Waals surface area contributed by atoms with Gasteiger partial charge in [-0.3, -0.25) is 0 Å². The Balaban J connectivity index is 1.25. The number of amides is 2. The number of H-pyrrole nitrogens is 1. The molecule has 0 unspecified atom stereocenters. The second-order valence-electron chi connectivity index (χ2n) is 9.75. The van der Waals surface area contributed by atoms with E-state index in [1.807, 2.05) is 36.5 Å². The predicted molar refractivity (Wildman–Crippen MR) is 130 cm³/mol. The monoisotopic (exact) mass is 431 g/mol. The van der Waals surface area contributed by atoms with Crippen molar-refractivity contribution in [3.63, 3.8) is 0 Å². The summed E-state index contributed by atoms with van der Waals surface area (Å²) in [4.78, 5) is 16.0. The fourth-order valence-corrected chi connectivity index (χ4v) is 5.77. The number of aliphatic hydroxyl groups excluding tert-OH is 1. The van der Waals surface area contributed by atoms with E-state index in [-0.39, 0.29) is 18.7 Å². The summed E-state index contributed by atoms with van der Waals surface area (Å²) >= 11 is 0. The molecule has 1 aromatic heterocycles. The number of hydrogen-bond donors (Lipinski definition) is 4. The zero-order chi connectivity index (χ0) is 22.0. The summed E-state index contributed by atoms with van der Waals surface area (Å²) < 4.78 is 0. The Bertz CT molecular complexity index is 1090. The molecule has 0 saturated heterocycles. The van der Waals surface area contributed by atoms with Crippen LogP contribution >= 0.6 is 0 Å². The first-order valence-electron chi connectivity index (χ1n) is 12.0. The Labute approximate surface area is 189 Å². The van der Waals surface area contributed by atoms with Crippen LogP contribution in [-0.4, -0.2) is 22.2 Å². The van der Waals surface area contributed by atoms with Crippen LogP contribution in [0, 0.1) is 5.41 Å². The fraction of sp³-hybridized carbons (Fsp3) is 0.444. The number of nitrogens with one attached hydrogen (secondary N) is 3. The highest BCUT2D eigenvalue weighted by Gasteiger charge is 2.36. The van der Waals surface area contributed by atoms with E-state index in [0.29, 0.717) is 5.41 Å². The number of aromatic amines is 1. The van der Waals surface area contributed by atoms with Gasteiger partial charge >= 0.3 is 6.03 Å². The van der Waals surface area contributed by atoms with Crippen LogP contribution in [0.25, 0.3) is 22.0 Å². The van der Waals surface area contributed by atoms with Crippen molar-refractivity contribution >= 4 is 22.6 Å². The first-order chi connectivity index (χ1) is 15.6. The first-order valence-corrected chi connectivity index (χ1v) is 12.0. The van der Waals surface area contributed by atoms with Gasteiger partial charge in [-0.2, -0.15) is 0 Å². The molecule has 2 aromatic carbocycles. The third kappa shape index (κ3) is 4.40. The molecule has 0 bridgehead atoms. The first kappa shape index (κ1) is 21.1. The molecule has 2 aliphatic rings. The van der Waals surface area contributed by atoms with E-state index >= 15 is 0 Å². The molecule has 5 nitrogen and oxygen atoms in total. The number of benzene rings is 2. The van der Waals surface area contributed by atoms with Crippen LogP contribution in [0.4, 0.5) is 10.5 Å². The molecule has 168 valence electrons. The van der Waals surface area contributed by atoms with Gasteiger partial charge in [-0.1, -0.05) is 43.5 Å². The average molecular weight is 432 g/mol. The lowest BCUT2D eigenvalue weighted by atomic mass is 9.64. The van der Waals surface area contributed by atoms with Gasteiger partial charge in [0.05, 0.1) is 12.3 Å². The smallest absolute Gasteiger partial charge is 0.319 e. The number of urea groups is 1. The van der Waals surface area contributed by atoms with Gasteiger partial charge in [-0.05, 0) is 78.8 Å². The van der Waals surface area contributed by atoms with Crippen molar-refractivity contribution < 1.29 is 9.90 Å². The molecule has 4 N–H and O–H groups in total. The average Bonchev–Trinajstić information content (AvgIpc) is 3.23. The van der Waals surface area contributed by atoms with E-state index in [9.17, 15) is 9.90 Å². The molecule has 5 heteroatoms. The molecular formula is C27H33N3O2. The standard InChI is InChI=1S/C27H33N3O2/c31-18-19-5-4-6-20(15-19)21-7-8-24-23(16-21)25(17-28-24)30-26(32)29-22-9-13-27(14-10-22)11-2-1-3-12-27/h4-8,15-17,22,28,31H,1-3,9-14,18H2,(H2,29,30,32). The summed E-state index contributed by atoms with van der Waals surface area (Å²) in [5, 5.41) is 16.7. The van der Waals surface area contributed by atoms with Crippen molar-refractivity contribution in [2.24, 2.45) is 5.41 Å². The van der Waals surface area contributed by atoms with Crippen molar-refractivity contribution in [3.8, 4) is 11.1 Å². The van der Waals surface area contributed by atoms with Gasteiger partial charge in [0, 0.05) is 23.1 Å². The number of rotatable bonds is 4. The summed E-state index contributed by atoms with van der Waals surface area (Å²) in [6, 6.07) is 14.2. The van der Waals surface area contributed by atoms with Gasteiger partial charge in [-0.15, -0.1) is 0 Å². The lowest BCUT2D eigenvalue weighted by Gasteiger charge is -2.43. The second-order valence-corrected chi connectivity index (χ2v) is 9.75. The molecule has 32 heavy (non-hydrogen) atoms. The summed E-state index contributed by atoms with van der Waals surface area (Å²) in [5.41, 5.74) is 5.33. The molecule has 2 aliphatic carbocycles. The molecule has 2 amide bonds. The summed E-state index contributed by atoms with van der Waals surface area (Å²) in [6.45, 7) is 0.0233. The maximum atomic E-state index is 12.8. The zero-order valence-electron chi connectivity index (χ0n) is 18.6. The van der Waals surface area contributed by atoms with Crippen molar-refractivity contribution in [1.29, 1.82) is 0 Å². The molecule has 0 aliphatic heterocycles. The maximum absolute atomic E-state index is 12.8. The van der Waals surface area contributed by atoms with Crippen LogP contribution in [0.1, 0.15) is 63.4 Å². The highest BCUT2D eigenvalue weighted by Crippen LogP contribution is 2.47. The molecular weight excluding hydrogens is 398 g/mol. The summed E-state index contributed by atoms with van der Waals surface area (Å²) in [6.07, 6.45) is 13.5. The second kappa shape index (κ2) is 8.99. The van der Waals surface area contributed by atoms with Crippen LogP contribution in [0.15, 0.2) is 48.7 Å². The minimum absolute atomic E-state index is 0.0233. The topological polar surface area (TPSA) is 77.2 Å². The number of carbonyl (C=O) groups excluding carboxylic acids is 1. The molecule has 5 rings (SSSR count). The van der Waals surface area contributed by atoms with E-state index in [0.717, 1.165) is 46.1 Å². The van der Waals surface area contributed by atoms with Crippen molar-refractivity contribution in [2.75, 3.05) is 5.32 Å². The van der Waals surface area contributed by atoms with Gasteiger partial charge in [0.15, 0.2) is 0 Å². The van der Waals surface area contributed by atoms with Crippen LogP contribution < -0.4 is 10.6 Å². The predicted octanol–water partition coefficient (Wildman–Crippen LogP) is 6.34. The van der Waals surface area contributed by atoms with Gasteiger partial charge < -0.3 is 20.7 Å². The molecule has 1 heterocycles. The van der Waals surface area contributed by atoms with E-state index in [2.05, 4.69) is 27.8 Å². The Morgan fingerprint density at radius 1 is 1.00 bits per heavy atom. The molecule has 2 saturated carbocycles. The molecule has 0 radical (unpaired) electrons. The summed E-state index contributed by atoms with van der Waals surface area (Å²) in [7, 11) is 0. The zero-order valence-corrected chi connectivity index (χ0v) is 18.6. The van der Waals surface area contributed by atoms with Gasteiger partial charge in [0.1, 0.15) is 0 Å². The number of carbonyl (C=O) groups is 1. The number of fused-ring (bicyclic) bond motifs is 1. The maximum Gasteiger partial charge on any atom is 0.319 e. The highest BCUT2D eigenvalue weighted by atomic mass is 16.3. The minimum Gasteiger partial charge on any atom is -0.392 e. The highest BCUT2D eigenvalue weighted by molar-refractivity contribution is 6.02.